The zero-order chi connectivity index (χ0) is 22.3. The van der Waals surface area contributed by atoms with E-state index in [1.165, 1.54) is 11.8 Å². The van der Waals surface area contributed by atoms with Crippen LogP contribution < -0.4 is 10.5 Å². The van der Waals surface area contributed by atoms with E-state index in [-0.39, 0.29) is 11.5 Å². The average molecular weight is 457 g/mol. The summed E-state index contributed by atoms with van der Waals surface area (Å²) in [6.07, 6.45) is 5.63. The fourth-order valence-corrected chi connectivity index (χ4v) is 5.25. The standard InChI is InChI=1S/C23H28N4O2S2/c1-14(2)12-27-22(29)18(31-23(27)30)11-17-20(25-9-7-15(3)8-10-25)24-19-6-5-16(4)13-26(19)21(17)28/h5-6,11,13-15H,7-10,12H2,1-4H3/b18-11-. The minimum atomic E-state index is -0.156. The van der Waals surface area contributed by atoms with Crippen molar-refractivity contribution in [2.24, 2.45) is 11.8 Å². The van der Waals surface area contributed by atoms with E-state index in [1.807, 2.05) is 19.1 Å². The van der Waals surface area contributed by atoms with Gasteiger partial charge in [0.1, 0.15) is 15.8 Å². The van der Waals surface area contributed by atoms with Crippen molar-refractivity contribution < 1.29 is 4.79 Å². The van der Waals surface area contributed by atoms with Gasteiger partial charge >= 0.3 is 0 Å². The third-order valence-electron chi connectivity index (χ3n) is 5.77. The van der Waals surface area contributed by atoms with Crippen LogP contribution in [0.5, 0.6) is 0 Å². The van der Waals surface area contributed by atoms with Gasteiger partial charge < -0.3 is 4.90 Å². The van der Waals surface area contributed by atoms with E-state index in [9.17, 15) is 9.59 Å². The molecular formula is C23H28N4O2S2. The third-order valence-corrected chi connectivity index (χ3v) is 7.14. The summed E-state index contributed by atoms with van der Waals surface area (Å²) in [6, 6.07) is 3.83. The second-order valence-corrected chi connectivity index (χ2v) is 10.6. The predicted molar refractivity (Wildman–Crippen MR) is 132 cm³/mol. The fraction of sp³-hybridized carbons (Fsp3) is 0.478. The minimum Gasteiger partial charge on any atom is -0.356 e. The van der Waals surface area contributed by atoms with Gasteiger partial charge in [0.25, 0.3) is 11.5 Å². The number of piperidine rings is 1. The Morgan fingerprint density at radius 2 is 1.97 bits per heavy atom. The number of carbonyl (C=O) groups excluding carboxylic acids is 1. The number of nitrogens with zero attached hydrogens (tertiary/aromatic N) is 4. The van der Waals surface area contributed by atoms with E-state index in [4.69, 9.17) is 17.2 Å². The molecule has 0 aromatic carbocycles. The first kappa shape index (κ1) is 22.0. The Morgan fingerprint density at radius 1 is 1.26 bits per heavy atom. The lowest BCUT2D eigenvalue weighted by Crippen LogP contribution is -2.36. The van der Waals surface area contributed by atoms with Crippen molar-refractivity contribution in [2.45, 2.75) is 40.5 Å². The van der Waals surface area contributed by atoms with Crippen molar-refractivity contribution in [2.75, 3.05) is 24.5 Å². The third kappa shape index (κ3) is 4.41. The quantitative estimate of drug-likeness (QED) is 0.510. The van der Waals surface area contributed by atoms with Crippen LogP contribution in [0.3, 0.4) is 0 Å². The van der Waals surface area contributed by atoms with Gasteiger partial charge in [-0.2, -0.15) is 0 Å². The summed E-state index contributed by atoms with van der Waals surface area (Å²) >= 11 is 6.71. The first-order valence-electron chi connectivity index (χ1n) is 10.8. The van der Waals surface area contributed by atoms with Gasteiger partial charge in [0.2, 0.25) is 0 Å². The molecular weight excluding hydrogens is 428 g/mol. The molecule has 2 fully saturated rings. The fourth-order valence-electron chi connectivity index (χ4n) is 3.99. The first-order chi connectivity index (χ1) is 14.7. The van der Waals surface area contributed by atoms with Crippen LogP contribution >= 0.6 is 24.0 Å². The van der Waals surface area contributed by atoms with Crippen LogP contribution in [0.25, 0.3) is 11.7 Å². The molecule has 2 aliphatic heterocycles. The zero-order valence-electron chi connectivity index (χ0n) is 18.4. The lowest BCUT2D eigenvalue weighted by molar-refractivity contribution is -0.122. The number of thiocarbonyl (C=S) groups is 1. The highest BCUT2D eigenvalue weighted by Crippen LogP contribution is 2.34. The van der Waals surface area contributed by atoms with Crippen molar-refractivity contribution in [3.8, 4) is 0 Å². The number of carbonyl (C=O) groups is 1. The molecule has 0 N–H and O–H groups in total. The lowest BCUT2D eigenvalue weighted by atomic mass is 9.99. The van der Waals surface area contributed by atoms with Gasteiger partial charge in [0.05, 0.1) is 10.5 Å². The number of thioether (sulfide) groups is 1. The average Bonchev–Trinajstić information content (AvgIpc) is 2.98. The molecule has 164 valence electrons. The molecule has 0 saturated carbocycles. The van der Waals surface area contributed by atoms with Gasteiger partial charge in [0, 0.05) is 25.8 Å². The highest BCUT2D eigenvalue weighted by molar-refractivity contribution is 8.26. The number of anilines is 1. The Balaban J connectivity index is 1.84. The molecule has 4 heterocycles. The monoisotopic (exact) mass is 456 g/mol. The number of pyridine rings is 1. The summed E-state index contributed by atoms with van der Waals surface area (Å²) < 4.78 is 2.12. The van der Waals surface area contributed by atoms with Crippen molar-refractivity contribution in [3.05, 3.63) is 44.7 Å². The highest BCUT2D eigenvalue weighted by Gasteiger charge is 2.33. The smallest absolute Gasteiger partial charge is 0.267 e. The van der Waals surface area contributed by atoms with Crippen LogP contribution in [0.15, 0.2) is 28.0 Å². The maximum Gasteiger partial charge on any atom is 0.267 e. The van der Waals surface area contributed by atoms with Gasteiger partial charge in [-0.05, 0) is 49.3 Å². The van der Waals surface area contributed by atoms with Crippen molar-refractivity contribution in [3.63, 3.8) is 0 Å². The van der Waals surface area contributed by atoms with Crippen LogP contribution in [-0.4, -0.2) is 44.1 Å². The Hall–Kier alpha value is -2.19. The Bertz CT molecular complexity index is 1130. The van der Waals surface area contributed by atoms with Crippen LogP contribution in [0.1, 0.15) is 44.7 Å². The van der Waals surface area contributed by atoms with E-state index in [1.54, 1.807) is 21.6 Å². The van der Waals surface area contributed by atoms with E-state index in [0.29, 0.717) is 44.6 Å². The van der Waals surface area contributed by atoms with Crippen molar-refractivity contribution in [1.82, 2.24) is 14.3 Å². The molecule has 0 atom stereocenters. The molecule has 8 heteroatoms. The van der Waals surface area contributed by atoms with Crippen molar-refractivity contribution in [1.29, 1.82) is 0 Å². The summed E-state index contributed by atoms with van der Waals surface area (Å²) in [5.74, 6) is 1.51. The number of fused-ring (bicyclic) bond motifs is 1. The molecule has 0 radical (unpaired) electrons. The van der Waals surface area contributed by atoms with Gasteiger partial charge in [-0.3, -0.25) is 18.9 Å². The summed E-state index contributed by atoms with van der Waals surface area (Å²) in [6.45, 7) is 10.6. The Morgan fingerprint density at radius 3 is 2.65 bits per heavy atom. The van der Waals surface area contributed by atoms with Crippen LogP contribution in [0.4, 0.5) is 5.82 Å². The Kier molecular flexibility index (Phi) is 6.21. The summed E-state index contributed by atoms with van der Waals surface area (Å²) in [4.78, 5) is 35.7. The normalized spacial score (nSPS) is 19.5. The Labute approximate surface area is 192 Å². The van der Waals surface area contributed by atoms with E-state index in [0.717, 1.165) is 31.5 Å². The number of amides is 1. The largest absolute Gasteiger partial charge is 0.356 e. The predicted octanol–water partition coefficient (Wildman–Crippen LogP) is 4.10. The second kappa shape index (κ2) is 8.74. The highest BCUT2D eigenvalue weighted by atomic mass is 32.2. The molecule has 4 rings (SSSR count). The lowest BCUT2D eigenvalue weighted by Gasteiger charge is -2.32. The van der Waals surface area contributed by atoms with Crippen LogP contribution in [0, 0.1) is 18.8 Å². The summed E-state index contributed by atoms with van der Waals surface area (Å²) in [7, 11) is 0. The van der Waals surface area contributed by atoms with Crippen molar-refractivity contribution >= 4 is 51.7 Å². The number of hydrogen-bond donors (Lipinski definition) is 0. The molecule has 0 aliphatic carbocycles. The summed E-state index contributed by atoms with van der Waals surface area (Å²) in [5, 5.41) is 0. The number of aromatic nitrogens is 2. The minimum absolute atomic E-state index is 0.129. The van der Waals surface area contributed by atoms with Crippen LogP contribution in [0.2, 0.25) is 0 Å². The molecule has 2 aromatic heterocycles. The molecule has 2 aliphatic rings. The van der Waals surface area contributed by atoms with Gasteiger partial charge in [-0.25, -0.2) is 4.98 Å². The molecule has 0 unspecified atom stereocenters. The van der Waals surface area contributed by atoms with Crippen LogP contribution in [-0.2, 0) is 4.79 Å². The second-order valence-electron chi connectivity index (χ2n) is 8.94. The van der Waals surface area contributed by atoms with Gasteiger partial charge in [0.15, 0.2) is 0 Å². The summed E-state index contributed by atoms with van der Waals surface area (Å²) in [5.41, 5.74) is 1.90. The number of rotatable bonds is 4. The van der Waals surface area contributed by atoms with E-state index in [2.05, 4.69) is 25.7 Å². The molecule has 31 heavy (non-hydrogen) atoms. The molecule has 0 spiro atoms. The molecule has 0 bridgehead atoms. The van der Waals surface area contributed by atoms with Gasteiger partial charge in [-0.15, -0.1) is 0 Å². The molecule has 1 amide bonds. The number of hydrogen-bond acceptors (Lipinski definition) is 6. The van der Waals surface area contributed by atoms with E-state index < -0.39 is 0 Å². The molecule has 6 nitrogen and oxygen atoms in total. The zero-order valence-corrected chi connectivity index (χ0v) is 20.1. The number of aryl methyl sites for hydroxylation is 1. The first-order valence-corrected chi connectivity index (χ1v) is 12.0. The molecule has 2 aromatic rings. The maximum absolute atomic E-state index is 13.5. The topological polar surface area (TPSA) is 57.9 Å². The SMILES string of the molecule is Cc1ccc2nc(N3CCC(C)CC3)c(/C=C3\SC(=S)N(CC(C)C)C3=O)c(=O)n2c1. The van der Waals surface area contributed by atoms with Gasteiger partial charge in [-0.1, -0.05) is 50.8 Å². The molecule has 2 saturated heterocycles. The van der Waals surface area contributed by atoms with E-state index >= 15 is 0 Å². The maximum atomic E-state index is 13.5.